The fourth-order valence-corrected chi connectivity index (χ4v) is 2.06. The number of esters is 1. The van der Waals surface area contributed by atoms with Crippen molar-refractivity contribution in [1.29, 1.82) is 0 Å². The van der Waals surface area contributed by atoms with Gasteiger partial charge in [0.25, 0.3) is 0 Å². The van der Waals surface area contributed by atoms with Crippen molar-refractivity contribution in [3.8, 4) is 0 Å². The largest absolute Gasteiger partial charge is 0.463 e. The Hall–Kier alpha value is -1.71. The molecule has 1 aromatic heterocycles. The summed E-state index contributed by atoms with van der Waals surface area (Å²) in [5.41, 5.74) is 2.56. The van der Waals surface area contributed by atoms with E-state index in [2.05, 4.69) is 16.3 Å². The third kappa shape index (κ3) is 2.70. The van der Waals surface area contributed by atoms with Crippen molar-refractivity contribution in [1.82, 2.24) is 9.97 Å². The van der Waals surface area contributed by atoms with Crippen molar-refractivity contribution in [2.75, 3.05) is 6.61 Å². The highest BCUT2D eigenvalue weighted by molar-refractivity contribution is 5.97. The molecule has 0 N–H and O–H groups in total. The zero-order valence-electron chi connectivity index (χ0n) is 9.90. The Morgan fingerprint density at radius 1 is 1.47 bits per heavy atom. The summed E-state index contributed by atoms with van der Waals surface area (Å²) in [6.45, 7) is 2.23. The lowest BCUT2D eigenvalue weighted by Gasteiger charge is -2.18. The van der Waals surface area contributed by atoms with Gasteiger partial charge in [0.05, 0.1) is 12.3 Å². The van der Waals surface area contributed by atoms with Crippen molar-refractivity contribution in [3.63, 3.8) is 0 Å². The number of hydrogen-bond acceptors (Lipinski definition) is 4. The van der Waals surface area contributed by atoms with Crippen LogP contribution in [-0.4, -0.2) is 22.5 Å². The lowest BCUT2D eigenvalue weighted by atomic mass is 9.89. The number of carbonyl (C=O) groups excluding carboxylic acids is 1. The lowest BCUT2D eigenvalue weighted by Crippen LogP contribution is -2.13. The molecule has 1 heterocycles. The van der Waals surface area contributed by atoms with Gasteiger partial charge in [0, 0.05) is 11.8 Å². The molecule has 0 atom stereocenters. The van der Waals surface area contributed by atoms with Crippen molar-refractivity contribution >= 4 is 11.5 Å². The van der Waals surface area contributed by atoms with E-state index >= 15 is 0 Å². The fourth-order valence-electron chi connectivity index (χ4n) is 2.06. The molecule has 0 spiro atoms. The van der Waals surface area contributed by atoms with Crippen LogP contribution in [-0.2, 0) is 9.53 Å². The summed E-state index contributed by atoms with van der Waals surface area (Å²) in [4.78, 5) is 19.7. The Bertz CT molecular complexity index is 426. The quantitative estimate of drug-likeness (QED) is 0.748. The molecule has 0 fully saturated rings. The second kappa shape index (κ2) is 5.57. The molecule has 4 heteroatoms. The van der Waals surface area contributed by atoms with E-state index in [1.807, 2.05) is 13.0 Å². The van der Waals surface area contributed by atoms with Gasteiger partial charge in [-0.1, -0.05) is 0 Å². The number of aromatic nitrogens is 2. The van der Waals surface area contributed by atoms with E-state index in [9.17, 15) is 4.79 Å². The van der Waals surface area contributed by atoms with Crippen molar-refractivity contribution in [2.45, 2.75) is 32.6 Å². The first-order valence-corrected chi connectivity index (χ1v) is 5.91. The van der Waals surface area contributed by atoms with Crippen molar-refractivity contribution < 1.29 is 9.53 Å². The molecule has 0 bridgehead atoms. The highest BCUT2D eigenvalue weighted by atomic mass is 16.5. The van der Waals surface area contributed by atoms with Crippen molar-refractivity contribution in [2.24, 2.45) is 0 Å². The van der Waals surface area contributed by atoms with Gasteiger partial charge in [-0.3, -0.25) is 0 Å². The molecule has 17 heavy (non-hydrogen) atoms. The van der Waals surface area contributed by atoms with Gasteiger partial charge in [-0.25, -0.2) is 14.8 Å². The van der Waals surface area contributed by atoms with Gasteiger partial charge >= 0.3 is 5.97 Å². The minimum Gasteiger partial charge on any atom is -0.463 e. The monoisotopic (exact) mass is 231 g/mol. The van der Waals surface area contributed by atoms with E-state index in [1.54, 1.807) is 6.20 Å². The lowest BCUT2D eigenvalue weighted by molar-refractivity contribution is -0.138. The van der Waals surface area contributed by atoms with Gasteiger partial charge in [-0.05, 0) is 44.2 Å². The zero-order chi connectivity index (χ0) is 12.1. The van der Waals surface area contributed by atoms with Crippen LogP contribution in [0.5, 0.6) is 0 Å². The zero-order valence-corrected chi connectivity index (χ0v) is 9.90. The van der Waals surface area contributed by atoms with Gasteiger partial charge in [0.1, 0.15) is 0 Å². The van der Waals surface area contributed by atoms with Gasteiger partial charge in [0.2, 0.25) is 0 Å². The number of carbonyl (C=O) groups is 1. The number of rotatable bonds is 3. The third-order valence-electron chi connectivity index (χ3n) is 2.83. The van der Waals surface area contributed by atoms with E-state index in [1.165, 1.54) is 0 Å². The molecule has 1 aliphatic carbocycles. The second-order valence-electron chi connectivity index (χ2n) is 3.93. The Kier molecular flexibility index (Phi) is 3.85. The number of nitrogens with zero attached hydrogens (tertiary/aromatic N) is 2. The van der Waals surface area contributed by atoms with Gasteiger partial charge in [0.15, 0.2) is 6.33 Å². The SMILES string of the molecule is CCOC(=O)C1=C(c2ccn[c]n2)CCCC1. The smallest absolute Gasteiger partial charge is 0.334 e. The average molecular weight is 231 g/mol. The maximum atomic E-state index is 11.8. The molecule has 0 aromatic carbocycles. The molecule has 4 nitrogen and oxygen atoms in total. The molecule has 0 amide bonds. The van der Waals surface area contributed by atoms with E-state index in [4.69, 9.17) is 4.74 Å². The molecule has 0 saturated carbocycles. The predicted octanol–water partition coefficient (Wildman–Crippen LogP) is 2.17. The first-order chi connectivity index (χ1) is 8.33. The summed E-state index contributed by atoms with van der Waals surface area (Å²) in [7, 11) is 0. The molecule has 1 radical (unpaired) electrons. The van der Waals surface area contributed by atoms with E-state index < -0.39 is 0 Å². The Labute approximate surface area is 101 Å². The van der Waals surface area contributed by atoms with Crippen LogP contribution in [0.4, 0.5) is 0 Å². The van der Waals surface area contributed by atoms with Crippen LogP contribution < -0.4 is 0 Å². The summed E-state index contributed by atoms with van der Waals surface area (Å²) in [6.07, 6.45) is 7.98. The van der Waals surface area contributed by atoms with Crippen molar-refractivity contribution in [3.05, 3.63) is 29.9 Å². The Balaban J connectivity index is 2.35. The number of ether oxygens (including phenoxy) is 1. The molecule has 1 aliphatic rings. The molecule has 89 valence electrons. The van der Waals surface area contributed by atoms with Crippen LogP contribution in [0.15, 0.2) is 17.8 Å². The van der Waals surface area contributed by atoms with Gasteiger partial charge in [-0.2, -0.15) is 0 Å². The molecule has 0 unspecified atom stereocenters. The molecular weight excluding hydrogens is 216 g/mol. The predicted molar refractivity (Wildman–Crippen MR) is 62.9 cm³/mol. The van der Waals surface area contributed by atoms with Crippen LogP contribution in [0.2, 0.25) is 0 Å². The molecule has 0 aliphatic heterocycles. The minimum atomic E-state index is -0.208. The first-order valence-electron chi connectivity index (χ1n) is 5.91. The van der Waals surface area contributed by atoms with Crippen LogP contribution in [0.1, 0.15) is 38.3 Å². The maximum absolute atomic E-state index is 11.8. The number of hydrogen-bond donors (Lipinski definition) is 0. The van der Waals surface area contributed by atoms with E-state index in [0.717, 1.165) is 42.5 Å². The normalized spacial score (nSPS) is 15.8. The van der Waals surface area contributed by atoms with Crippen LogP contribution in [0.25, 0.3) is 5.57 Å². The van der Waals surface area contributed by atoms with E-state index in [0.29, 0.717) is 6.61 Å². The number of allylic oxidation sites excluding steroid dienone is 1. The average Bonchev–Trinajstić information content (AvgIpc) is 2.40. The topological polar surface area (TPSA) is 52.1 Å². The third-order valence-corrected chi connectivity index (χ3v) is 2.83. The summed E-state index contributed by atoms with van der Waals surface area (Å²) in [5, 5.41) is 0. The standard InChI is InChI=1S/C13H15N2O2/c1-2-17-13(16)11-6-4-3-5-10(11)12-7-8-14-9-15-12/h7-8H,2-6H2,1H3. The van der Waals surface area contributed by atoms with Crippen LogP contribution in [0.3, 0.4) is 0 Å². The molecule has 1 aromatic rings. The Morgan fingerprint density at radius 3 is 3.00 bits per heavy atom. The maximum Gasteiger partial charge on any atom is 0.334 e. The second-order valence-corrected chi connectivity index (χ2v) is 3.93. The van der Waals surface area contributed by atoms with Gasteiger partial charge in [-0.15, -0.1) is 0 Å². The fraction of sp³-hybridized carbons (Fsp3) is 0.462. The summed E-state index contributed by atoms with van der Waals surface area (Å²) >= 11 is 0. The Morgan fingerprint density at radius 2 is 2.29 bits per heavy atom. The van der Waals surface area contributed by atoms with Crippen LogP contribution in [0, 0.1) is 6.33 Å². The summed E-state index contributed by atoms with van der Waals surface area (Å²) in [5.74, 6) is -0.208. The summed E-state index contributed by atoms with van der Waals surface area (Å²) < 4.78 is 5.08. The van der Waals surface area contributed by atoms with Crippen LogP contribution >= 0.6 is 0 Å². The van der Waals surface area contributed by atoms with E-state index in [-0.39, 0.29) is 5.97 Å². The van der Waals surface area contributed by atoms with Gasteiger partial charge < -0.3 is 4.74 Å². The highest BCUT2D eigenvalue weighted by Gasteiger charge is 2.21. The minimum absolute atomic E-state index is 0.208. The molecule has 0 saturated heterocycles. The molecule has 2 rings (SSSR count). The molecular formula is C13H15N2O2. The summed E-state index contributed by atoms with van der Waals surface area (Å²) in [6, 6.07) is 1.82. The highest BCUT2D eigenvalue weighted by Crippen LogP contribution is 2.31. The first kappa shape index (κ1) is 11.8.